The molecule has 13 heavy (non-hydrogen) atoms. The molecule has 1 aromatic rings. The van der Waals surface area contributed by atoms with Crippen molar-refractivity contribution in [3.8, 4) is 0 Å². The van der Waals surface area contributed by atoms with E-state index in [0.29, 0.717) is 0 Å². The van der Waals surface area contributed by atoms with Crippen LogP contribution in [0.15, 0.2) is 6.07 Å². The van der Waals surface area contributed by atoms with Crippen molar-refractivity contribution in [1.82, 2.24) is 15.3 Å². The van der Waals surface area contributed by atoms with Crippen LogP contribution in [-0.4, -0.2) is 27.5 Å². The molecule has 4 nitrogen and oxygen atoms in total. The summed E-state index contributed by atoms with van der Waals surface area (Å²) in [5.41, 5.74) is -0.776. The zero-order valence-electron chi connectivity index (χ0n) is 6.76. The third-order valence-corrected chi connectivity index (χ3v) is 1.32. The summed E-state index contributed by atoms with van der Waals surface area (Å²) in [6.07, 6.45) is -4.44. The number of nitrogens with one attached hydrogen (secondary N) is 1. The van der Waals surface area contributed by atoms with Crippen molar-refractivity contribution in [2.75, 3.05) is 7.05 Å². The molecular weight excluding hydrogens is 187 g/mol. The first-order chi connectivity index (χ1) is 5.89. The highest BCUT2D eigenvalue weighted by Gasteiger charge is 2.33. The second-order valence-corrected chi connectivity index (χ2v) is 2.59. The Balaban J connectivity index is 2.75. The molecule has 0 saturated carbocycles. The second kappa shape index (κ2) is 3.35. The summed E-state index contributed by atoms with van der Waals surface area (Å²) in [6.45, 7) is -0.0247. The Morgan fingerprint density at radius 3 is 2.62 bits per heavy atom. The zero-order chi connectivity index (χ0) is 10.1. The third-order valence-electron chi connectivity index (χ3n) is 1.32. The first-order valence-electron chi connectivity index (χ1n) is 3.41. The third kappa shape index (κ3) is 2.71. The van der Waals surface area contributed by atoms with Crippen LogP contribution < -0.4 is 0 Å². The van der Waals surface area contributed by atoms with Gasteiger partial charge in [0.2, 0.25) is 0 Å². The van der Waals surface area contributed by atoms with Crippen molar-refractivity contribution in [1.29, 1.82) is 0 Å². The fourth-order valence-corrected chi connectivity index (χ4v) is 0.834. The molecule has 0 aliphatic rings. The Morgan fingerprint density at radius 2 is 2.23 bits per heavy atom. The maximum Gasteiger partial charge on any atom is 0.435 e. The van der Waals surface area contributed by atoms with Gasteiger partial charge in [0, 0.05) is 7.05 Å². The molecule has 0 radical (unpaired) electrons. The summed E-state index contributed by atoms with van der Waals surface area (Å²) >= 11 is 0. The number of aromatic nitrogens is 2. The first kappa shape index (κ1) is 10.0. The molecule has 1 rings (SSSR count). The van der Waals surface area contributed by atoms with Crippen LogP contribution in [0.4, 0.5) is 13.2 Å². The van der Waals surface area contributed by atoms with Crippen LogP contribution >= 0.6 is 0 Å². The Morgan fingerprint density at radius 1 is 1.62 bits per heavy atom. The number of rotatable bonds is 2. The molecular formula is C6H8F3N3O. The van der Waals surface area contributed by atoms with Gasteiger partial charge in [-0.3, -0.25) is 5.10 Å². The van der Waals surface area contributed by atoms with E-state index in [1.165, 1.54) is 7.05 Å². The van der Waals surface area contributed by atoms with E-state index in [9.17, 15) is 13.2 Å². The van der Waals surface area contributed by atoms with Gasteiger partial charge in [0.25, 0.3) is 0 Å². The monoisotopic (exact) mass is 195 g/mol. The van der Waals surface area contributed by atoms with Gasteiger partial charge in [-0.25, -0.2) is 0 Å². The van der Waals surface area contributed by atoms with Crippen LogP contribution in [0.5, 0.6) is 0 Å². The van der Waals surface area contributed by atoms with Crippen LogP contribution in [0.1, 0.15) is 11.4 Å². The number of aromatic amines is 1. The lowest BCUT2D eigenvalue weighted by atomic mass is 10.3. The van der Waals surface area contributed by atoms with Crippen LogP contribution in [-0.2, 0) is 12.7 Å². The van der Waals surface area contributed by atoms with Crippen molar-refractivity contribution in [2.24, 2.45) is 0 Å². The lowest BCUT2D eigenvalue weighted by molar-refractivity contribution is -0.141. The molecule has 0 aliphatic carbocycles. The number of alkyl halides is 3. The second-order valence-electron chi connectivity index (χ2n) is 2.59. The number of H-pyrrole nitrogens is 1. The number of hydrogen-bond donors (Lipinski definition) is 2. The summed E-state index contributed by atoms with van der Waals surface area (Å²) in [5, 5.41) is 14.7. The van der Waals surface area contributed by atoms with Crippen LogP contribution in [0.25, 0.3) is 0 Å². The molecule has 0 spiro atoms. The predicted molar refractivity (Wildman–Crippen MR) is 36.8 cm³/mol. The Hall–Kier alpha value is -1.08. The number of nitrogens with zero attached hydrogens (tertiary/aromatic N) is 2. The van der Waals surface area contributed by atoms with E-state index in [1.807, 2.05) is 0 Å². The van der Waals surface area contributed by atoms with E-state index in [1.54, 1.807) is 0 Å². The van der Waals surface area contributed by atoms with Crippen LogP contribution in [0.2, 0.25) is 0 Å². The average molecular weight is 195 g/mol. The van der Waals surface area contributed by atoms with Crippen LogP contribution in [0, 0.1) is 0 Å². The molecule has 0 unspecified atom stereocenters. The van der Waals surface area contributed by atoms with E-state index in [4.69, 9.17) is 5.21 Å². The Bertz CT molecular complexity index is 281. The smallest absolute Gasteiger partial charge is 0.314 e. The summed E-state index contributed by atoms with van der Waals surface area (Å²) in [4.78, 5) is 0. The van der Waals surface area contributed by atoms with Crippen molar-refractivity contribution < 1.29 is 18.4 Å². The van der Waals surface area contributed by atoms with Gasteiger partial charge in [-0.2, -0.15) is 23.3 Å². The van der Waals surface area contributed by atoms with E-state index >= 15 is 0 Å². The Kier molecular flexibility index (Phi) is 2.58. The van der Waals surface area contributed by atoms with Crippen molar-refractivity contribution in [3.63, 3.8) is 0 Å². The van der Waals surface area contributed by atoms with Gasteiger partial charge < -0.3 is 5.21 Å². The lowest BCUT2D eigenvalue weighted by Crippen LogP contribution is -2.11. The molecule has 0 aromatic carbocycles. The highest BCUT2D eigenvalue weighted by atomic mass is 19.4. The SMILES string of the molecule is CN(O)Cc1cc(C(F)(F)F)n[nH]1. The normalized spacial score (nSPS) is 12.5. The van der Waals surface area contributed by atoms with Gasteiger partial charge in [0.15, 0.2) is 5.69 Å². The molecule has 0 bridgehead atoms. The average Bonchev–Trinajstić information content (AvgIpc) is 2.32. The number of halogens is 3. The summed E-state index contributed by atoms with van der Waals surface area (Å²) in [5.74, 6) is 0. The molecule has 2 N–H and O–H groups in total. The van der Waals surface area contributed by atoms with Crippen LogP contribution in [0.3, 0.4) is 0 Å². The molecule has 74 valence electrons. The Labute approximate surface area is 71.9 Å². The summed E-state index contributed by atoms with van der Waals surface area (Å²) < 4.78 is 35.9. The molecule has 1 heterocycles. The molecule has 0 amide bonds. The van der Waals surface area contributed by atoms with E-state index < -0.39 is 11.9 Å². The van der Waals surface area contributed by atoms with Gasteiger partial charge >= 0.3 is 6.18 Å². The minimum atomic E-state index is -4.44. The molecule has 0 aliphatic heterocycles. The van der Waals surface area contributed by atoms with E-state index in [0.717, 1.165) is 11.1 Å². The molecule has 1 aromatic heterocycles. The van der Waals surface area contributed by atoms with Gasteiger partial charge in [-0.1, -0.05) is 0 Å². The van der Waals surface area contributed by atoms with Gasteiger partial charge in [-0.05, 0) is 6.07 Å². The lowest BCUT2D eigenvalue weighted by Gasteiger charge is -2.03. The molecule has 0 atom stereocenters. The maximum atomic E-state index is 12.0. The minimum Gasteiger partial charge on any atom is -0.314 e. The summed E-state index contributed by atoms with van der Waals surface area (Å²) in [6, 6.07) is 0.854. The topological polar surface area (TPSA) is 52.1 Å². The predicted octanol–water partition coefficient (Wildman–Crippen LogP) is 1.25. The maximum absolute atomic E-state index is 12.0. The molecule has 0 saturated heterocycles. The zero-order valence-corrected chi connectivity index (χ0v) is 6.76. The van der Waals surface area contributed by atoms with E-state index in [-0.39, 0.29) is 12.2 Å². The number of hydrogen-bond acceptors (Lipinski definition) is 3. The highest BCUT2D eigenvalue weighted by Crippen LogP contribution is 2.27. The van der Waals surface area contributed by atoms with Crippen molar-refractivity contribution in [2.45, 2.75) is 12.7 Å². The highest BCUT2D eigenvalue weighted by molar-refractivity contribution is 5.11. The molecule has 7 heteroatoms. The fraction of sp³-hybridized carbons (Fsp3) is 0.500. The van der Waals surface area contributed by atoms with Crippen molar-refractivity contribution in [3.05, 3.63) is 17.5 Å². The number of hydroxylamine groups is 2. The molecule has 0 fully saturated rings. The fourth-order valence-electron chi connectivity index (χ4n) is 0.834. The van der Waals surface area contributed by atoms with Gasteiger partial charge in [0.1, 0.15) is 0 Å². The van der Waals surface area contributed by atoms with E-state index in [2.05, 4.69) is 10.2 Å². The standard InChI is InChI=1S/C6H8F3N3O/c1-12(13)3-4-2-5(11-10-4)6(7,8)9/h2,13H,3H2,1H3,(H,10,11). The van der Waals surface area contributed by atoms with Crippen molar-refractivity contribution >= 4 is 0 Å². The van der Waals surface area contributed by atoms with Gasteiger partial charge in [-0.15, -0.1) is 0 Å². The first-order valence-corrected chi connectivity index (χ1v) is 3.41. The minimum absolute atomic E-state index is 0.0247. The van der Waals surface area contributed by atoms with Gasteiger partial charge in [0.05, 0.1) is 12.2 Å². The quantitative estimate of drug-likeness (QED) is 0.698. The summed E-state index contributed by atoms with van der Waals surface area (Å²) in [7, 11) is 1.33. The largest absolute Gasteiger partial charge is 0.435 e.